The fourth-order valence-corrected chi connectivity index (χ4v) is 10.7. The van der Waals surface area contributed by atoms with Crippen LogP contribution in [0.1, 0.15) is 85.3 Å². The van der Waals surface area contributed by atoms with E-state index in [0.717, 1.165) is 17.9 Å². The zero-order valence-electron chi connectivity index (χ0n) is 18.4. The van der Waals surface area contributed by atoms with Crippen molar-refractivity contribution in [2.45, 2.75) is 108 Å². The summed E-state index contributed by atoms with van der Waals surface area (Å²) in [5.74, 6) is 2.81. The second-order valence-corrected chi connectivity index (χ2v) is 16.5. The maximum atomic E-state index is 7.13. The summed E-state index contributed by atoms with van der Waals surface area (Å²) in [4.78, 5) is 0.340. The first-order valence-corrected chi connectivity index (χ1v) is 13.7. The van der Waals surface area contributed by atoms with Gasteiger partial charge in [0.15, 0.2) is 0 Å². The molecular formula is C23H37BrO2Si. The van der Waals surface area contributed by atoms with Gasteiger partial charge in [0.25, 0.3) is 8.32 Å². The third kappa shape index (κ3) is 3.85. The molecule has 0 amide bonds. The number of fused-ring (bicyclic) bond motifs is 1. The van der Waals surface area contributed by atoms with Gasteiger partial charge in [0, 0.05) is 6.07 Å². The van der Waals surface area contributed by atoms with Crippen molar-refractivity contribution in [1.82, 2.24) is 0 Å². The fourth-order valence-electron chi connectivity index (χ4n) is 5.01. The number of hydrogen-bond donors (Lipinski definition) is 0. The number of benzene rings is 1. The molecule has 1 unspecified atom stereocenters. The maximum absolute atomic E-state index is 7.13. The molecule has 0 radical (unpaired) electrons. The Hall–Kier alpha value is -0.483. The van der Waals surface area contributed by atoms with Gasteiger partial charge in [-0.1, -0.05) is 57.5 Å². The average Bonchev–Trinajstić information content (AvgIpc) is 3.36. The van der Waals surface area contributed by atoms with Gasteiger partial charge >= 0.3 is 0 Å². The maximum Gasteiger partial charge on any atom is 0.258 e. The van der Waals surface area contributed by atoms with Crippen LogP contribution >= 0.6 is 15.9 Å². The van der Waals surface area contributed by atoms with Crippen molar-refractivity contribution in [3.63, 3.8) is 0 Å². The van der Waals surface area contributed by atoms with Gasteiger partial charge < -0.3 is 9.16 Å². The van der Waals surface area contributed by atoms with Gasteiger partial charge in [-0.25, -0.2) is 0 Å². The molecule has 27 heavy (non-hydrogen) atoms. The van der Waals surface area contributed by atoms with Gasteiger partial charge in [-0.2, -0.15) is 0 Å². The second-order valence-electron chi connectivity index (χ2n) is 10.1. The van der Waals surface area contributed by atoms with Crippen LogP contribution in [0.3, 0.4) is 0 Å². The third-order valence-corrected chi connectivity index (χ3v) is 14.1. The summed E-state index contributed by atoms with van der Waals surface area (Å²) in [5, 5.41) is 0. The highest BCUT2D eigenvalue weighted by Gasteiger charge is 2.48. The van der Waals surface area contributed by atoms with Crippen LogP contribution in [-0.4, -0.2) is 18.7 Å². The van der Waals surface area contributed by atoms with Crippen molar-refractivity contribution in [3.05, 3.63) is 23.3 Å². The van der Waals surface area contributed by atoms with E-state index in [1.807, 2.05) is 0 Å². The summed E-state index contributed by atoms with van der Waals surface area (Å²) in [6.07, 6.45) is 3.60. The molecule has 2 aliphatic rings. The van der Waals surface area contributed by atoms with Crippen LogP contribution in [-0.2, 0) is 6.42 Å². The SMILES string of the molecule is CC(C)[Si](Oc1cc2c(cc1C1CC1)CC(Br)C(C)(C)O2)(C(C)C)C(C)C. The van der Waals surface area contributed by atoms with Crippen LogP contribution in [0.2, 0.25) is 16.6 Å². The number of alkyl halides is 1. The van der Waals surface area contributed by atoms with Crippen molar-refractivity contribution in [2.75, 3.05) is 0 Å². The number of halogens is 1. The van der Waals surface area contributed by atoms with E-state index in [-0.39, 0.29) is 5.60 Å². The molecule has 1 saturated carbocycles. The zero-order chi connectivity index (χ0) is 20.1. The lowest BCUT2D eigenvalue weighted by Crippen LogP contribution is -2.51. The van der Waals surface area contributed by atoms with E-state index in [4.69, 9.17) is 9.16 Å². The van der Waals surface area contributed by atoms with Gasteiger partial charge in [-0.15, -0.1) is 0 Å². The largest absolute Gasteiger partial charge is 0.542 e. The third-order valence-electron chi connectivity index (χ3n) is 6.73. The molecular weight excluding hydrogens is 416 g/mol. The van der Waals surface area contributed by atoms with Gasteiger partial charge in [0.05, 0.1) is 4.83 Å². The van der Waals surface area contributed by atoms with Crippen LogP contribution in [0.4, 0.5) is 0 Å². The lowest BCUT2D eigenvalue weighted by Gasteiger charge is -2.43. The predicted octanol–water partition coefficient (Wildman–Crippen LogP) is 7.60. The van der Waals surface area contributed by atoms with Crippen LogP contribution in [0.5, 0.6) is 11.5 Å². The lowest BCUT2D eigenvalue weighted by molar-refractivity contribution is 0.0932. The normalized spacial score (nSPS) is 22.1. The highest BCUT2D eigenvalue weighted by molar-refractivity contribution is 9.09. The Balaban J connectivity index is 2.07. The van der Waals surface area contributed by atoms with E-state index >= 15 is 0 Å². The molecule has 0 spiro atoms. The Kier molecular flexibility index (Phi) is 5.82. The molecule has 0 N–H and O–H groups in total. The molecule has 152 valence electrons. The summed E-state index contributed by atoms with van der Waals surface area (Å²) >= 11 is 3.83. The molecule has 1 heterocycles. The molecule has 1 aliphatic heterocycles. The molecule has 1 aliphatic carbocycles. The molecule has 1 atom stereocenters. The zero-order valence-corrected chi connectivity index (χ0v) is 20.9. The Morgan fingerprint density at radius 3 is 2.07 bits per heavy atom. The Morgan fingerprint density at radius 1 is 1.04 bits per heavy atom. The van der Waals surface area contributed by atoms with Crippen molar-refractivity contribution >= 4 is 24.2 Å². The van der Waals surface area contributed by atoms with E-state index in [9.17, 15) is 0 Å². The van der Waals surface area contributed by atoms with Crippen molar-refractivity contribution in [3.8, 4) is 11.5 Å². The van der Waals surface area contributed by atoms with Gasteiger partial charge in [0.1, 0.15) is 17.1 Å². The minimum atomic E-state index is -1.98. The smallest absolute Gasteiger partial charge is 0.258 e. The van der Waals surface area contributed by atoms with E-state index < -0.39 is 8.32 Å². The second kappa shape index (κ2) is 7.40. The lowest BCUT2D eigenvalue weighted by atomic mass is 9.92. The summed E-state index contributed by atoms with van der Waals surface area (Å²) < 4.78 is 13.5. The summed E-state index contributed by atoms with van der Waals surface area (Å²) in [7, 11) is -1.98. The highest BCUT2D eigenvalue weighted by Crippen LogP contribution is 2.51. The van der Waals surface area contributed by atoms with Gasteiger partial charge in [-0.05, 0) is 72.8 Å². The molecule has 1 aromatic rings. The average molecular weight is 454 g/mol. The molecule has 1 aromatic carbocycles. The number of hydrogen-bond acceptors (Lipinski definition) is 2. The Labute approximate surface area is 175 Å². The minimum Gasteiger partial charge on any atom is -0.542 e. The van der Waals surface area contributed by atoms with Crippen molar-refractivity contribution in [2.24, 2.45) is 0 Å². The summed E-state index contributed by atoms with van der Waals surface area (Å²) in [5.41, 5.74) is 4.28. The minimum absolute atomic E-state index is 0.200. The summed E-state index contributed by atoms with van der Waals surface area (Å²) in [6.45, 7) is 18.5. The Bertz CT molecular complexity index is 670. The number of ether oxygens (including phenoxy) is 1. The number of rotatable bonds is 6. The van der Waals surface area contributed by atoms with Crippen LogP contribution in [0, 0.1) is 0 Å². The van der Waals surface area contributed by atoms with E-state index in [2.05, 4.69) is 83.5 Å². The first-order chi connectivity index (χ1) is 12.5. The van der Waals surface area contributed by atoms with E-state index in [1.165, 1.54) is 24.0 Å². The van der Waals surface area contributed by atoms with Crippen LogP contribution < -0.4 is 9.16 Å². The fraction of sp³-hybridized carbons (Fsp3) is 0.739. The summed E-state index contributed by atoms with van der Waals surface area (Å²) in [6, 6.07) is 4.63. The molecule has 0 saturated heterocycles. The predicted molar refractivity (Wildman–Crippen MR) is 121 cm³/mol. The van der Waals surface area contributed by atoms with Crippen molar-refractivity contribution < 1.29 is 9.16 Å². The molecule has 0 aromatic heterocycles. The van der Waals surface area contributed by atoms with Crippen molar-refractivity contribution in [1.29, 1.82) is 0 Å². The molecule has 4 heteroatoms. The molecule has 3 rings (SSSR count). The van der Waals surface area contributed by atoms with Gasteiger partial charge in [0.2, 0.25) is 0 Å². The topological polar surface area (TPSA) is 18.5 Å². The van der Waals surface area contributed by atoms with Crippen LogP contribution in [0.25, 0.3) is 0 Å². The first kappa shape index (κ1) is 21.2. The monoisotopic (exact) mass is 452 g/mol. The van der Waals surface area contributed by atoms with E-state index in [1.54, 1.807) is 0 Å². The molecule has 2 nitrogen and oxygen atoms in total. The highest BCUT2D eigenvalue weighted by atomic mass is 79.9. The first-order valence-electron chi connectivity index (χ1n) is 10.7. The molecule has 0 bridgehead atoms. The quantitative estimate of drug-likeness (QED) is 0.326. The van der Waals surface area contributed by atoms with E-state index in [0.29, 0.717) is 27.4 Å². The standard InChI is InChI=1S/C23H37BrO2Si/c1-14(2)27(15(3)4,16(5)6)26-21-13-20-18(11-19(21)17-9-10-17)12-22(24)23(7,8)25-20/h11,13-17,22H,9-10,12H2,1-8H3. The Morgan fingerprint density at radius 2 is 1.59 bits per heavy atom. The molecule has 1 fully saturated rings. The van der Waals surface area contributed by atoms with Gasteiger partial charge in [-0.3, -0.25) is 0 Å². The van der Waals surface area contributed by atoms with Crippen LogP contribution in [0.15, 0.2) is 12.1 Å².